The summed E-state index contributed by atoms with van der Waals surface area (Å²) in [5, 5.41) is 16.1. The van der Waals surface area contributed by atoms with Gasteiger partial charge in [-0.2, -0.15) is 5.26 Å². The zero-order valence-electron chi connectivity index (χ0n) is 15.3. The maximum Gasteiger partial charge on any atom is 0.173 e. The van der Waals surface area contributed by atoms with Crippen molar-refractivity contribution in [2.45, 2.75) is 19.8 Å². The van der Waals surface area contributed by atoms with E-state index in [1.54, 1.807) is 24.3 Å². The fourth-order valence-electron chi connectivity index (χ4n) is 3.09. The summed E-state index contributed by atoms with van der Waals surface area (Å²) >= 11 is 8.66. The number of dihydropyridines is 1. The molecule has 1 aliphatic heterocycles. The average Bonchev–Trinajstić information content (AvgIpc) is 3.20. The maximum atomic E-state index is 12.5. The molecule has 1 aliphatic rings. The molecule has 1 atom stereocenters. The Morgan fingerprint density at radius 3 is 2.57 bits per heavy atom. The molecular formula is C21H17ClN2O2S2. The van der Waals surface area contributed by atoms with Gasteiger partial charge in [-0.05, 0) is 49.6 Å². The minimum Gasteiger partial charge on any atom is -0.353 e. The Balaban J connectivity index is 1.90. The van der Waals surface area contributed by atoms with Crippen LogP contribution in [0.25, 0.3) is 0 Å². The molecule has 2 heterocycles. The van der Waals surface area contributed by atoms with Crippen molar-refractivity contribution < 1.29 is 9.59 Å². The Morgan fingerprint density at radius 2 is 2.00 bits per heavy atom. The summed E-state index contributed by atoms with van der Waals surface area (Å²) in [6.07, 6.45) is 0. The van der Waals surface area contributed by atoms with Gasteiger partial charge >= 0.3 is 0 Å². The second kappa shape index (κ2) is 8.78. The third kappa shape index (κ3) is 4.22. The fraction of sp³-hybridized carbons (Fsp3) is 0.190. The van der Waals surface area contributed by atoms with Crippen LogP contribution in [-0.2, 0) is 4.79 Å². The summed E-state index contributed by atoms with van der Waals surface area (Å²) in [6.45, 7) is 3.34. The molecule has 2 aromatic rings. The van der Waals surface area contributed by atoms with E-state index in [4.69, 9.17) is 11.6 Å². The van der Waals surface area contributed by atoms with Crippen LogP contribution in [0.2, 0.25) is 5.02 Å². The van der Waals surface area contributed by atoms with Crippen LogP contribution in [0.5, 0.6) is 0 Å². The Bertz CT molecular complexity index is 1020. The lowest BCUT2D eigenvalue weighted by Crippen LogP contribution is -2.27. The van der Waals surface area contributed by atoms with E-state index in [1.807, 2.05) is 24.4 Å². The van der Waals surface area contributed by atoms with Crippen molar-refractivity contribution in [1.29, 1.82) is 5.26 Å². The number of Topliss-reactive ketones (excluding diaryl/α,β-unsaturated/α-hetero) is 2. The van der Waals surface area contributed by atoms with E-state index < -0.39 is 5.92 Å². The number of allylic oxidation sites excluding steroid dienone is 3. The molecule has 1 unspecified atom stereocenters. The number of carbonyl (C=O) groups excluding carboxylic acids is 2. The smallest absolute Gasteiger partial charge is 0.173 e. The van der Waals surface area contributed by atoms with Gasteiger partial charge in [-0.25, -0.2) is 0 Å². The zero-order valence-corrected chi connectivity index (χ0v) is 17.7. The Labute approximate surface area is 176 Å². The lowest BCUT2D eigenvalue weighted by Gasteiger charge is -2.28. The van der Waals surface area contributed by atoms with Gasteiger partial charge in [0.15, 0.2) is 11.6 Å². The molecule has 0 fully saturated rings. The monoisotopic (exact) mass is 428 g/mol. The maximum absolute atomic E-state index is 12.5. The molecular weight excluding hydrogens is 412 g/mol. The second-order valence-corrected chi connectivity index (χ2v) is 8.64. The van der Waals surface area contributed by atoms with Crippen molar-refractivity contribution in [1.82, 2.24) is 5.32 Å². The Morgan fingerprint density at radius 1 is 1.29 bits per heavy atom. The number of nitrogens with one attached hydrogen (secondary N) is 1. The quantitative estimate of drug-likeness (QED) is 0.632. The van der Waals surface area contributed by atoms with Crippen molar-refractivity contribution in [3.05, 3.63) is 79.1 Å². The summed E-state index contributed by atoms with van der Waals surface area (Å²) in [5.74, 6) is -0.358. The van der Waals surface area contributed by atoms with Gasteiger partial charge in [0.25, 0.3) is 0 Å². The fourth-order valence-corrected chi connectivity index (χ4v) is 5.05. The molecule has 7 heteroatoms. The van der Waals surface area contributed by atoms with Crippen molar-refractivity contribution in [2.75, 3.05) is 5.75 Å². The van der Waals surface area contributed by atoms with Gasteiger partial charge in [0.1, 0.15) is 0 Å². The van der Waals surface area contributed by atoms with Crippen LogP contribution in [0.15, 0.2) is 63.7 Å². The highest BCUT2D eigenvalue weighted by Crippen LogP contribution is 2.42. The van der Waals surface area contributed by atoms with E-state index >= 15 is 0 Å². The van der Waals surface area contributed by atoms with Gasteiger partial charge in [-0.1, -0.05) is 29.4 Å². The van der Waals surface area contributed by atoms with Gasteiger partial charge in [-0.15, -0.1) is 11.3 Å². The van der Waals surface area contributed by atoms with E-state index in [1.165, 1.54) is 30.0 Å². The Hall–Kier alpha value is -2.33. The van der Waals surface area contributed by atoms with Crippen molar-refractivity contribution in [3.8, 4) is 6.07 Å². The number of hydrogen-bond acceptors (Lipinski definition) is 6. The summed E-state index contributed by atoms with van der Waals surface area (Å²) in [4.78, 5) is 25.7. The van der Waals surface area contributed by atoms with Crippen LogP contribution in [0, 0.1) is 11.3 Å². The number of benzene rings is 1. The number of carbonyl (C=O) groups is 2. The minimum absolute atomic E-state index is 0.0556. The number of ketones is 2. The van der Waals surface area contributed by atoms with Crippen LogP contribution in [-0.4, -0.2) is 17.3 Å². The van der Waals surface area contributed by atoms with Gasteiger partial charge < -0.3 is 5.32 Å². The summed E-state index contributed by atoms with van der Waals surface area (Å²) in [5.41, 5.74) is 2.34. The van der Waals surface area contributed by atoms with E-state index in [-0.39, 0.29) is 17.3 Å². The zero-order chi connectivity index (χ0) is 20.3. The Kier molecular flexibility index (Phi) is 6.40. The first kappa shape index (κ1) is 20.4. The van der Waals surface area contributed by atoms with Gasteiger partial charge in [0.2, 0.25) is 0 Å². The van der Waals surface area contributed by atoms with Crippen molar-refractivity contribution in [3.63, 3.8) is 0 Å². The normalized spacial score (nSPS) is 16.6. The standard InChI is InChI=1S/C21H17ClN2O2S2/c1-12-19(13(2)25)20(18-4-3-9-27-18)16(10-23)21(24-12)28-11-17(26)14-5-7-15(22)8-6-14/h3-9,20,24H,11H2,1-2H3. The number of nitriles is 1. The SMILES string of the molecule is CC(=O)C1=C(C)NC(SCC(=O)c2ccc(Cl)cc2)=C(C#N)C1c1cccs1. The van der Waals surface area contributed by atoms with Crippen LogP contribution < -0.4 is 5.32 Å². The number of hydrogen-bond donors (Lipinski definition) is 1. The van der Waals surface area contributed by atoms with Crippen molar-refractivity contribution in [2.24, 2.45) is 0 Å². The van der Waals surface area contributed by atoms with Crippen molar-refractivity contribution >= 4 is 46.3 Å². The van der Waals surface area contributed by atoms with Crippen LogP contribution in [0.1, 0.15) is 35.0 Å². The highest BCUT2D eigenvalue weighted by molar-refractivity contribution is 8.03. The lowest BCUT2D eigenvalue weighted by molar-refractivity contribution is -0.113. The first-order chi connectivity index (χ1) is 13.4. The molecule has 0 aliphatic carbocycles. The second-order valence-electron chi connectivity index (χ2n) is 6.24. The van der Waals surface area contributed by atoms with E-state index in [0.29, 0.717) is 32.5 Å². The molecule has 1 N–H and O–H groups in total. The lowest BCUT2D eigenvalue weighted by atomic mass is 9.85. The molecule has 0 bridgehead atoms. The topological polar surface area (TPSA) is 70.0 Å². The third-order valence-corrected chi connectivity index (χ3v) is 6.57. The molecule has 142 valence electrons. The van der Waals surface area contributed by atoms with E-state index in [9.17, 15) is 14.9 Å². The summed E-state index contributed by atoms with van der Waals surface area (Å²) < 4.78 is 0. The van der Waals surface area contributed by atoms with Gasteiger partial charge in [-0.3, -0.25) is 9.59 Å². The first-order valence-electron chi connectivity index (χ1n) is 8.50. The molecule has 0 spiro atoms. The van der Waals surface area contributed by atoms with Gasteiger partial charge in [0.05, 0.1) is 28.3 Å². The molecule has 28 heavy (non-hydrogen) atoms. The first-order valence-corrected chi connectivity index (χ1v) is 10.7. The molecule has 3 rings (SSSR count). The molecule has 1 aromatic carbocycles. The highest BCUT2D eigenvalue weighted by atomic mass is 35.5. The molecule has 0 saturated carbocycles. The number of thioether (sulfide) groups is 1. The average molecular weight is 429 g/mol. The minimum atomic E-state index is -0.406. The largest absolute Gasteiger partial charge is 0.353 e. The van der Waals surface area contributed by atoms with Crippen LogP contribution >= 0.6 is 34.7 Å². The summed E-state index contributed by atoms with van der Waals surface area (Å²) in [6, 6.07) is 12.8. The molecule has 1 aromatic heterocycles. The van der Waals surface area contributed by atoms with Gasteiger partial charge in [0, 0.05) is 26.7 Å². The predicted octanol–water partition coefficient (Wildman–Crippen LogP) is 5.30. The highest BCUT2D eigenvalue weighted by Gasteiger charge is 2.33. The number of thiophene rings is 1. The number of halogens is 1. The van der Waals surface area contributed by atoms with Crippen LogP contribution in [0.4, 0.5) is 0 Å². The van der Waals surface area contributed by atoms with E-state index in [2.05, 4.69) is 11.4 Å². The van der Waals surface area contributed by atoms with Crippen LogP contribution in [0.3, 0.4) is 0 Å². The molecule has 0 amide bonds. The molecule has 0 radical (unpaired) electrons. The number of nitrogens with zero attached hydrogens (tertiary/aromatic N) is 1. The van der Waals surface area contributed by atoms with E-state index in [0.717, 1.165) is 4.88 Å². The number of rotatable bonds is 6. The summed E-state index contributed by atoms with van der Waals surface area (Å²) in [7, 11) is 0. The third-order valence-electron chi connectivity index (χ3n) is 4.37. The predicted molar refractivity (Wildman–Crippen MR) is 114 cm³/mol. The molecule has 0 saturated heterocycles. The molecule has 4 nitrogen and oxygen atoms in total.